The Morgan fingerprint density at radius 2 is 0.871 bits per heavy atom. The number of benzene rings is 4. The van der Waals surface area contributed by atoms with Crippen LogP contribution in [-0.2, 0) is 0 Å². The summed E-state index contributed by atoms with van der Waals surface area (Å²) in [6, 6.07) is 33.1. The zero-order chi connectivity index (χ0) is 20.9. The van der Waals surface area contributed by atoms with E-state index in [-0.39, 0.29) is 5.96 Å². The van der Waals surface area contributed by atoms with Crippen molar-refractivity contribution in [3.8, 4) is 0 Å². The molecule has 0 aliphatic rings. The molecule has 4 nitrogen and oxygen atoms in total. The van der Waals surface area contributed by atoms with Crippen molar-refractivity contribution >= 4 is 55.4 Å². The zero-order valence-electron chi connectivity index (χ0n) is 17.1. The molecule has 0 spiro atoms. The van der Waals surface area contributed by atoms with E-state index in [0.717, 1.165) is 38.7 Å². The quantitative estimate of drug-likeness (QED) is 0.219. The van der Waals surface area contributed by atoms with Crippen molar-refractivity contribution in [3.63, 3.8) is 0 Å². The molecular weight excluding hydrogens is 380 g/mol. The van der Waals surface area contributed by atoms with Crippen molar-refractivity contribution in [1.29, 1.82) is 5.41 Å². The molecule has 2 heterocycles. The van der Waals surface area contributed by atoms with E-state index in [1.807, 2.05) is 47.9 Å². The van der Waals surface area contributed by atoms with Gasteiger partial charge in [-0.15, -0.1) is 0 Å². The SMILES string of the molecule is C/C(=N\C(=N)n1c2ccccc2c2ccccc21)n1c2ccccc2c2ccccc21. The number of aromatic nitrogens is 2. The number of rotatable bonds is 0. The van der Waals surface area contributed by atoms with Gasteiger partial charge in [-0.2, -0.15) is 4.99 Å². The number of aliphatic imine (C=N–C) groups is 1. The summed E-state index contributed by atoms with van der Waals surface area (Å²) in [5.74, 6) is 0.973. The Hall–Kier alpha value is -4.18. The third kappa shape index (κ3) is 2.55. The highest BCUT2D eigenvalue weighted by Crippen LogP contribution is 2.30. The molecular formula is C27H20N4. The smallest absolute Gasteiger partial charge is 0.228 e. The lowest BCUT2D eigenvalue weighted by Gasteiger charge is -2.09. The maximum Gasteiger partial charge on any atom is 0.228 e. The van der Waals surface area contributed by atoms with Gasteiger partial charge in [-0.3, -0.25) is 14.5 Å². The molecule has 0 aliphatic carbocycles. The number of para-hydroxylation sites is 4. The van der Waals surface area contributed by atoms with Crippen LogP contribution in [0.25, 0.3) is 43.6 Å². The Balaban J connectivity index is 1.59. The lowest BCUT2D eigenvalue weighted by atomic mass is 10.2. The Labute approximate surface area is 179 Å². The third-order valence-corrected chi connectivity index (χ3v) is 5.96. The summed E-state index contributed by atoms with van der Waals surface area (Å²) < 4.78 is 4.08. The number of hydrogen-bond donors (Lipinski definition) is 1. The van der Waals surface area contributed by atoms with Crippen LogP contribution in [0.2, 0.25) is 0 Å². The minimum Gasteiger partial charge on any atom is -0.297 e. The van der Waals surface area contributed by atoms with Gasteiger partial charge >= 0.3 is 0 Å². The fraction of sp³-hybridized carbons (Fsp3) is 0.0370. The molecule has 2 aromatic heterocycles. The van der Waals surface area contributed by atoms with Gasteiger partial charge in [-0.25, -0.2) is 0 Å². The molecule has 0 radical (unpaired) electrons. The van der Waals surface area contributed by atoms with E-state index in [0.29, 0.717) is 0 Å². The molecule has 0 amide bonds. The highest BCUT2D eigenvalue weighted by molar-refractivity contribution is 6.17. The Bertz CT molecular complexity index is 1560. The second-order valence-electron chi connectivity index (χ2n) is 7.72. The van der Waals surface area contributed by atoms with Crippen LogP contribution in [0.3, 0.4) is 0 Å². The lowest BCUT2D eigenvalue weighted by molar-refractivity contribution is 1.16. The Morgan fingerprint density at radius 3 is 1.26 bits per heavy atom. The predicted molar refractivity (Wildman–Crippen MR) is 131 cm³/mol. The normalized spacial score (nSPS) is 12.4. The third-order valence-electron chi connectivity index (χ3n) is 5.96. The summed E-state index contributed by atoms with van der Waals surface area (Å²) in [5.41, 5.74) is 4.18. The topological polar surface area (TPSA) is 46.1 Å². The standard InChI is InChI=1S/C27H20N4/c1-18(30-23-14-6-2-10-19(23)20-11-3-7-15-24(20)30)29-27(28)31-25-16-8-4-12-21(25)22-13-5-9-17-26(22)31/h2-17,28H,1H3/b28-27?,29-18+. The number of nitrogens with one attached hydrogen (secondary N) is 1. The van der Waals surface area contributed by atoms with Gasteiger partial charge in [0.1, 0.15) is 5.84 Å². The first kappa shape index (κ1) is 17.7. The molecule has 1 N–H and O–H groups in total. The van der Waals surface area contributed by atoms with Gasteiger partial charge in [0.2, 0.25) is 5.96 Å². The Morgan fingerprint density at radius 1 is 0.548 bits per heavy atom. The van der Waals surface area contributed by atoms with Gasteiger partial charge in [0, 0.05) is 21.5 Å². The second-order valence-corrected chi connectivity index (χ2v) is 7.72. The van der Waals surface area contributed by atoms with E-state index in [1.165, 1.54) is 10.8 Å². The largest absolute Gasteiger partial charge is 0.297 e. The van der Waals surface area contributed by atoms with Gasteiger partial charge in [-0.1, -0.05) is 72.8 Å². The van der Waals surface area contributed by atoms with Crippen molar-refractivity contribution in [3.05, 3.63) is 97.1 Å². The summed E-state index contributed by atoms with van der Waals surface area (Å²) in [6.07, 6.45) is 0. The van der Waals surface area contributed by atoms with Crippen LogP contribution in [0.4, 0.5) is 0 Å². The van der Waals surface area contributed by atoms with E-state index in [1.54, 1.807) is 0 Å². The predicted octanol–water partition coefficient (Wildman–Crippen LogP) is 6.65. The average molecular weight is 400 g/mol. The number of nitrogens with zero attached hydrogens (tertiary/aromatic N) is 3. The zero-order valence-corrected chi connectivity index (χ0v) is 17.1. The fourth-order valence-electron chi connectivity index (χ4n) is 4.68. The van der Waals surface area contributed by atoms with Crippen LogP contribution in [0.1, 0.15) is 6.92 Å². The maximum absolute atomic E-state index is 8.92. The van der Waals surface area contributed by atoms with E-state index < -0.39 is 0 Å². The van der Waals surface area contributed by atoms with Gasteiger partial charge in [0.05, 0.1) is 22.1 Å². The van der Waals surface area contributed by atoms with Crippen molar-refractivity contribution < 1.29 is 0 Å². The first-order valence-electron chi connectivity index (χ1n) is 10.3. The van der Waals surface area contributed by atoms with Crippen LogP contribution in [0.5, 0.6) is 0 Å². The maximum atomic E-state index is 8.92. The van der Waals surface area contributed by atoms with Crippen LogP contribution in [-0.4, -0.2) is 20.9 Å². The average Bonchev–Trinajstić information content (AvgIpc) is 3.32. The first-order chi connectivity index (χ1) is 15.2. The van der Waals surface area contributed by atoms with E-state index in [2.05, 4.69) is 65.2 Å². The fourth-order valence-corrected chi connectivity index (χ4v) is 4.68. The molecule has 0 unspecified atom stereocenters. The summed E-state index contributed by atoms with van der Waals surface area (Å²) in [4.78, 5) is 4.79. The molecule has 6 aromatic rings. The van der Waals surface area contributed by atoms with Gasteiger partial charge in [-0.05, 0) is 31.2 Å². The summed E-state index contributed by atoms with van der Waals surface area (Å²) in [5, 5.41) is 13.6. The molecule has 6 rings (SSSR count). The van der Waals surface area contributed by atoms with Crippen molar-refractivity contribution in [2.45, 2.75) is 6.92 Å². The summed E-state index contributed by atoms with van der Waals surface area (Å²) in [7, 11) is 0. The van der Waals surface area contributed by atoms with Gasteiger partial charge < -0.3 is 0 Å². The molecule has 31 heavy (non-hydrogen) atoms. The molecule has 4 heteroatoms. The van der Waals surface area contributed by atoms with E-state index >= 15 is 0 Å². The first-order valence-corrected chi connectivity index (χ1v) is 10.3. The highest BCUT2D eigenvalue weighted by Gasteiger charge is 2.15. The van der Waals surface area contributed by atoms with Gasteiger partial charge in [0.15, 0.2) is 0 Å². The van der Waals surface area contributed by atoms with Crippen LogP contribution >= 0.6 is 0 Å². The Kier molecular flexibility index (Phi) is 3.80. The van der Waals surface area contributed by atoms with Crippen LogP contribution < -0.4 is 0 Å². The number of fused-ring (bicyclic) bond motifs is 6. The molecule has 0 aliphatic heterocycles. The lowest BCUT2D eigenvalue weighted by Crippen LogP contribution is -2.14. The number of hydrogen-bond acceptors (Lipinski definition) is 1. The van der Waals surface area contributed by atoms with Crippen LogP contribution in [0, 0.1) is 5.41 Å². The monoisotopic (exact) mass is 400 g/mol. The summed E-state index contributed by atoms with van der Waals surface area (Å²) >= 11 is 0. The molecule has 0 saturated carbocycles. The molecule has 148 valence electrons. The van der Waals surface area contributed by atoms with E-state index in [9.17, 15) is 0 Å². The van der Waals surface area contributed by atoms with Crippen molar-refractivity contribution in [2.24, 2.45) is 4.99 Å². The van der Waals surface area contributed by atoms with Crippen molar-refractivity contribution in [1.82, 2.24) is 9.13 Å². The molecule has 0 fully saturated rings. The second kappa shape index (κ2) is 6.67. The molecule has 4 aromatic carbocycles. The van der Waals surface area contributed by atoms with Crippen molar-refractivity contribution in [2.75, 3.05) is 0 Å². The molecule has 0 atom stereocenters. The van der Waals surface area contributed by atoms with Crippen LogP contribution in [0.15, 0.2) is 102 Å². The van der Waals surface area contributed by atoms with E-state index in [4.69, 9.17) is 10.4 Å². The molecule has 0 saturated heterocycles. The summed E-state index contributed by atoms with van der Waals surface area (Å²) in [6.45, 7) is 1.97. The highest BCUT2D eigenvalue weighted by atomic mass is 15.2. The molecule has 0 bridgehead atoms. The minimum atomic E-state index is 0.205. The minimum absolute atomic E-state index is 0.205. The van der Waals surface area contributed by atoms with Gasteiger partial charge in [0.25, 0.3) is 0 Å².